The third-order valence-corrected chi connectivity index (χ3v) is 6.90. The molecule has 0 spiro atoms. The Labute approximate surface area is 211 Å². The number of allylic oxidation sites excluding steroid dienone is 1. The Kier molecular flexibility index (Phi) is 6.28. The Bertz CT molecular complexity index is 1450. The lowest BCUT2D eigenvalue weighted by molar-refractivity contribution is -0.384. The fourth-order valence-corrected chi connectivity index (χ4v) is 5.16. The van der Waals surface area contributed by atoms with Gasteiger partial charge in [-0.2, -0.15) is 0 Å². The molecule has 8 nitrogen and oxygen atoms in total. The number of fused-ring (bicyclic) bond motifs is 1. The van der Waals surface area contributed by atoms with Gasteiger partial charge in [-0.25, -0.2) is 0 Å². The van der Waals surface area contributed by atoms with Crippen molar-refractivity contribution in [1.29, 1.82) is 0 Å². The maximum Gasteiger partial charge on any atom is 0.280 e. The summed E-state index contributed by atoms with van der Waals surface area (Å²) in [4.78, 5) is 42.4. The Morgan fingerprint density at radius 1 is 1.08 bits per heavy atom. The summed E-state index contributed by atoms with van der Waals surface area (Å²) in [7, 11) is 0. The number of anilines is 1. The molecule has 1 amide bonds. The summed E-state index contributed by atoms with van der Waals surface area (Å²) in [6.07, 6.45) is 1.74. The maximum absolute atomic E-state index is 13.6. The molecule has 182 valence electrons. The van der Waals surface area contributed by atoms with Crippen LogP contribution < -0.4 is 5.32 Å². The van der Waals surface area contributed by atoms with Crippen molar-refractivity contribution in [1.82, 2.24) is 0 Å². The van der Waals surface area contributed by atoms with Crippen LogP contribution in [0.25, 0.3) is 11.3 Å². The van der Waals surface area contributed by atoms with E-state index in [0.29, 0.717) is 52.6 Å². The first-order chi connectivity index (χ1) is 17.3. The molecular formula is C27H22ClN3O5. The predicted octanol–water partition coefficient (Wildman–Crippen LogP) is 6.33. The second-order valence-electron chi connectivity index (χ2n) is 8.79. The number of Topliss-reactive ketones (excluding diaryl/α,β-unsaturated/α-hetero) is 1. The second kappa shape index (κ2) is 9.54. The Morgan fingerprint density at radius 2 is 1.83 bits per heavy atom. The molecule has 0 bridgehead atoms. The molecule has 1 N–H and O–H groups in total. The van der Waals surface area contributed by atoms with Gasteiger partial charge >= 0.3 is 0 Å². The fourth-order valence-electron chi connectivity index (χ4n) is 4.98. The lowest BCUT2D eigenvalue weighted by Gasteiger charge is -2.34. The number of hydrogen-bond donors (Lipinski definition) is 1. The number of carbonyl (C=O) groups excluding carboxylic acids is 2. The van der Waals surface area contributed by atoms with E-state index >= 15 is 0 Å². The van der Waals surface area contributed by atoms with E-state index in [2.05, 4.69) is 10.3 Å². The molecule has 2 aromatic carbocycles. The van der Waals surface area contributed by atoms with Crippen LogP contribution in [-0.2, 0) is 9.59 Å². The van der Waals surface area contributed by atoms with Gasteiger partial charge in [-0.05, 0) is 50.1 Å². The highest BCUT2D eigenvalue weighted by molar-refractivity contribution is 6.34. The number of nitrogens with zero attached hydrogens (tertiary/aromatic N) is 2. The van der Waals surface area contributed by atoms with Gasteiger partial charge in [-0.3, -0.25) is 24.7 Å². The summed E-state index contributed by atoms with van der Waals surface area (Å²) in [5.74, 6) is -1.14. The molecule has 1 aromatic heterocycles. The molecule has 9 heteroatoms. The number of carbonyl (C=O) groups is 2. The van der Waals surface area contributed by atoms with E-state index in [4.69, 9.17) is 16.0 Å². The number of nitro benzene ring substituents is 1. The van der Waals surface area contributed by atoms with Crippen LogP contribution in [0.15, 0.2) is 81.3 Å². The first-order valence-corrected chi connectivity index (χ1v) is 11.9. The molecule has 1 fully saturated rings. The number of para-hydroxylation sites is 2. The zero-order valence-corrected chi connectivity index (χ0v) is 20.1. The van der Waals surface area contributed by atoms with Crippen LogP contribution in [0, 0.1) is 16.0 Å². The monoisotopic (exact) mass is 503 g/mol. The van der Waals surface area contributed by atoms with Crippen molar-refractivity contribution in [3.63, 3.8) is 0 Å². The van der Waals surface area contributed by atoms with Crippen LogP contribution in [0.3, 0.4) is 0 Å². The number of furan rings is 1. The quantitative estimate of drug-likeness (QED) is 0.322. The van der Waals surface area contributed by atoms with Crippen LogP contribution in [-0.4, -0.2) is 22.3 Å². The van der Waals surface area contributed by atoms with Crippen LogP contribution in [0.4, 0.5) is 11.4 Å². The molecule has 2 unspecified atom stereocenters. The molecule has 3 aromatic rings. The van der Waals surface area contributed by atoms with Crippen molar-refractivity contribution in [2.75, 3.05) is 5.32 Å². The highest BCUT2D eigenvalue weighted by atomic mass is 35.5. The molecular weight excluding hydrogens is 482 g/mol. The lowest BCUT2D eigenvalue weighted by atomic mass is 9.71. The number of ketones is 1. The highest BCUT2D eigenvalue weighted by Gasteiger charge is 2.45. The lowest BCUT2D eigenvalue weighted by Crippen LogP contribution is -2.39. The molecule has 2 heterocycles. The first-order valence-electron chi connectivity index (χ1n) is 11.6. The van der Waals surface area contributed by atoms with Gasteiger partial charge in [0.05, 0.1) is 38.6 Å². The smallest absolute Gasteiger partial charge is 0.280 e. The van der Waals surface area contributed by atoms with E-state index in [9.17, 15) is 19.7 Å². The molecule has 1 aliphatic carbocycles. The van der Waals surface area contributed by atoms with Gasteiger partial charge in [0.15, 0.2) is 0 Å². The normalized spacial score (nSPS) is 19.5. The number of rotatable bonds is 5. The van der Waals surface area contributed by atoms with E-state index in [1.165, 1.54) is 6.07 Å². The second-order valence-corrected chi connectivity index (χ2v) is 9.19. The minimum absolute atomic E-state index is 0.0100. The molecule has 0 saturated heterocycles. The zero-order chi connectivity index (χ0) is 25.4. The molecule has 0 radical (unpaired) electrons. The summed E-state index contributed by atoms with van der Waals surface area (Å²) < 4.78 is 6.15. The number of aliphatic imine (C=N–C) groups is 1. The van der Waals surface area contributed by atoms with Crippen LogP contribution in [0.5, 0.6) is 0 Å². The molecule has 36 heavy (non-hydrogen) atoms. The van der Waals surface area contributed by atoms with Crippen molar-refractivity contribution in [2.45, 2.75) is 32.1 Å². The average Bonchev–Trinajstić information content (AvgIpc) is 3.34. The van der Waals surface area contributed by atoms with Gasteiger partial charge in [0, 0.05) is 23.9 Å². The molecule has 1 saturated carbocycles. The van der Waals surface area contributed by atoms with Gasteiger partial charge in [0.25, 0.3) is 11.6 Å². The van der Waals surface area contributed by atoms with Gasteiger partial charge in [0.1, 0.15) is 17.3 Å². The fraction of sp³-hybridized carbons (Fsp3) is 0.222. The maximum atomic E-state index is 13.6. The summed E-state index contributed by atoms with van der Waals surface area (Å²) in [5.41, 5.74) is 2.19. The van der Waals surface area contributed by atoms with Gasteiger partial charge in [-0.15, -0.1) is 0 Å². The van der Waals surface area contributed by atoms with E-state index in [0.717, 1.165) is 5.71 Å². The van der Waals surface area contributed by atoms with Gasteiger partial charge in [0.2, 0.25) is 0 Å². The van der Waals surface area contributed by atoms with Crippen LogP contribution in [0.2, 0.25) is 5.02 Å². The summed E-state index contributed by atoms with van der Waals surface area (Å²) in [6.45, 7) is 1.74. The summed E-state index contributed by atoms with van der Waals surface area (Å²) in [5, 5.41) is 14.8. The first kappa shape index (κ1) is 23.7. The van der Waals surface area contributed by atoms with Gasteiger partial charge < -0.3 is 9.73 Å². The van der Waals surface area contributed by atoms with Crippen molar-refractivity contribution in [2.24, 2.45) is 10.9 Å². The summed E-state index contributed by atoms with van der Waals surface area (Å²) >= 11 is 6.26. The average molecular weight is 504 g/mol. The number of amides is 1. The third kappa shape index (κ3) is 4.24. The van der Waals surface area contributed by atoms with E-state index in [1.54, 1.807) is 61.5 Å². The van der Waals surface area contributed by atoms with Crippen LogP contribution >= 0.6 is 11.6 Å². The molecule has 2 atom stereocenters. The van der Waals surface area contributed by atoms with Crippen molar-refractivity contribution in [3.8, 4) is 11.3 Å². The number of nitro groups is 1. The largest absolute Gasteiger partial charge is 0.460 e. The minimum atomic E-state index is -0.718. The Morgan fingerprint density at radius 3 is 2.61 bits per heavy atom. The van der Waals surface area contributed by atoms with E-state index in [1.807, 2.05) is 0 Å². The molecule has 1 aliphatic heterocycles. The topological polar surface area (TPSA) is 115 Å². The number of nitrogens with one attached hydrogen (secondary N) is 1. The van der Waals surface area contributed by atoms with Crippen molar-refractivity contribution < 1.29 is 18.9 Å². The summed E-state index contributed by atoms with van der Waals surface area (Å²) in [6, 6.07) is 16.5. The van der Waals surface area contributed by atoms with E-state index < -0.39 is 22.7 Å². The zero-order valence-electron chi connectivity index (χ0n) is 19.4. The Hall–Kier alpha value is -4.04. The highest BCUT2D eigenvalue weighted by Crippen LogP contribution is 2.45. The molecule has 5 rings (SSSR count). The number of benzene rings is 2. The van der Waals surface area contributed by atoms with E-state index in [-0.39, 0.29) is 17.2 Å². The predicted molar refractivity (Wildman–Crippen MR) is 136 cm³/mol. The van der Waals surface area contributed by atoms with Gasteiger partial charge in [-0.1, -0.05) is 35.9 Å². The van der Waals surface area contributed by atoms with Crippen molar-refractivity contribution in [3.05, 3.63) is 92.8 Å². The number of hydrogen-bond acceptors (Lipinski definition) is 6. The number of halogens is 1. The standard InChI is InChI=1S/C27H22ClN3O5/c1-15-24(27(33)30-18-9-4-3-8-17(18)28)26(25-19(29-15)10-6-12-21(25)32)23-14-13-22(36-23)16-7-2-5-11-20(16)31(34)35/h2-5,7-9,11,13-14,25-26H,6,10,12H2,1H3,(H,30,33). The molecule has 2 aliphatic rings. The Balaban J connectivity index is 1.60. The van der Waals surface area contributed by atoms with Crippen molar-refractivity contribution >= 4 is 40.4 Å². The third-order valence-electron chi connectivity index (χ3n) is 6.57. The van der Waals surface area contributed by atoms with Crippen LogP contribution in [0.1, 0.15) is 37.9 Å². The SMILES string of the molecule is CC1=C(C(=O)Nc2ccccc2Cl)C(c2ccc(-c3ccccc3[N+](=O)[O-])o2)C2C(=O)CCCC2=N1. The minimum Gasteiger partial charge on any atom is -0.460 e.